The molecule has 32 heavy (non-hydrogen) atoms. The number of carboxylic acid groups (broad SMARTS) is 1. The fraction of sp³-hybridized carbons (Fsp3) is 0.480. The van der Waals surface area contributed by atoms with E-state index in [0.29, 0.717) is 22.3 Å². The second kappa shape index (κ2) is 10.8. The fourth-order valence-electron chi connectivity index (χ4n) is 3.40. The molecule has 178 valence electrons. The number of hydrogen-bond donors (Lipinski definition) is 6. The first-order valence-corrected chi connectivity index (χ1v) is 10.4. The summed E-state index contributed by atoms with van der Waals surface area (Å²) in [6.07, 6.45) is -1.67. The van der Waals surface area contributed by atoms with Gasteiger partial charge in [-0.3, -0.25) is 0 Å². The molecule has 0 aliphatic heterocycles. The Hall–Kier alpha value is -2.61. The third-order valence-corrected chi connectivity index (χ3v) is 5.04. The second-order valence-electron chi connectivity index (χ2n) is 9.76. The summed E-state index contributed by atoms with van der Waals surface area (Å²) in [7, 11) is 0. The molecule has 0 bridgehead atoms. The number of phenolic OH excluding ortho intramolecular Hbond substituents is 2. The molecule has 0 aromatic heterocycles. The Morgan fingerprint density at radius 3 is 1.38 bits per heavy atom. The van der Waals surface area contributed by atoms with Gasteiger partial charge in [0.25, 0.3) is 0 Å². The van der Waals surface area contributed by atoms with Gasteiger partial charge in [-0.15, -0.1) is 0 Å². The van der Waals surface area contributed by atoms with Crippen LogP contribution < -0.4 is 0 Å². The number of carbonyl (C=O) groups is 1. The number of hydrogen-bond acceptors (Lipinski definition) is 6. The van der Waals surface area contributed by atoms with Gasteiger partial charge in [0.1, 0.15) is 11.5 Å². The minimum Gasteiger partial charge on any atom is -0.508 e. The molecular weight excluding hydrogens is 412 g/mol. The molecule has 0 aliphatic rings. The van der Waals surface area contributed by atoms with Crippen molar-refractivity contribution in [1.29, 1.82) is 0 Å². The number of benzene rings is 2. The van der Waals surface area contributed by atoms with E-state index in [2.05, 4.69) is 0 Å². The van der Waals surface area contributed by atoms with E-state index in [1.54, 1.807) is 24.3 Å². The first kappa shape index (κ1) is 27.4. The van der Waals surface area contributed by atoms with Gasteiger partial charge in [-0.1, -0.05) is 65.8 Å². The van der Waals surface area contributed by atoms with E-state index in [-0.39, 0.29) is 35.5 Å². The predicted molar refractivity (Wildman–Crippen MR) is 123 cm³/mol. The molecule has 2 rings (SSSR count). The summed E-state index contributed by atoms with van der Waals surface area (Å²) in [5.41, 5.74) is 1.80. The summed E-state index contributed by atoms with van der Waals surface area (Å²) in [5, 5.41) is 55.7. The Morgan fingerprint density at radius 1 is 0.781 bits per heavy atom. The molecule has 0 radical (unpaired) electrons. The van der Waals surface area contributed by atoms with Crippen molar-refractivity contribution in [3.05, 3.63) is 58.7 Å². The highest BCUT2D eigenvalue weighted by molar-refractivity contribution is 5.74. The average molecular weight is 449 g/mol. The van der Waals surface area contributed by atoms with Crippen molar-refractivity contribution in [1.82, 2.24) is 0 Å². The van der Waals surface area contributed by atoms with E-state index in [1.807, 2.05) is 41.5 Å². The van der Waals surface area contributed by atoms with Gasteiger partial charge in [0.05, 0.1) is 13.2 Å². The normalized spacial score (nSPS) is 12.8. The van der Waals surface area contributed by atoms with Crippen LogP contribution in [0.4, 0.5) is 0 Å². The SMILES string of the molecule is CC(C)(C)c1cc(C(c2ccc(O)c(C(C)(C)C)c2)C(O)C(=O)O)ccc1O.OCCO. The van der Waals surface area contributed by atoms with Crippen LogP contribution in [-0.2, 0) is 15.6 Å². The summed E-state index contributed by atoms with van der Waals surface area (Å²) < 4.78 is 0. The monoisotopic (exact) mass is 448 g/mol. The highest BCUT2D eigenvalue weighted by Gasteiger charge is 2.32. The molecule has 0 heterocycles. The lowest BCUT2D eigenvalue weighted by molar-refractivity contribution is -0.147. The molecule has 2 aromatic rings. The van der Waals surface area contributed by atoms with Crippen LogP contribution in [0, 0.1) is 0 Å². The molecule has 7 heteroatoms. The molecule has 0 amide bonds. The second-order valence-corrected chi connectivity index (χ2v) is 9.76. The topological polar surface area (TPSA) is 138 Å². The van der Waals surface area contributed by atoms with Gasteiger partial charge < -0.3 is 30.6 Å². The van der Waals surface area contributed by atoms with Gasteiger partial charge in [0, 0.05) is 5.92 Å². The lowest BCUT2D eigenvalue weighted by Crippen LogP contribution is -2.29. The van der Waals surface area contributed by atoms with Crippen LogP contribution in [0.2, 0.25) is 0 Å². The van der Waals surface area contributed by atoms with Crippen LogP contribution >= 0.6 is 0 Å². The zero-order valence-corrected chi connectivity index (χ0v) is 19.6. The molecule has 0 spiro atoms. The van der Waals surface area contributed by atoms with Crippen LogP contribution in [0.1, 0.15) is 69.7 Å². The van der Waals surface area contributed by atoms with E-state index < -0.39 is 18.0 Å². The number of aromatic hydroxyl groups is 2. The average Bonchev–Trinajstić information content (AvgIpc) is 2.68. The molecular formula is C25H36O7. The van der Waals surface area contributed by atoms with Crippen molar-refractivity contribution in [3.63, 3.8) is 0 Å². The van der Waals surface area contributed by atoms with Gasteiger partial charge >= 0.3 is 5.97 Å². The van der Waals surface area contributed by atoms with Gasteiger partial charge in [-0.05, 0) is 45.2 Å². The van der Waals surface area contributed by atoms with Gasteiger partial charge in [-0.25, -0.2) is 4.79 Å². The predicted octanol–water partition coefficient (Wildman–Crippen LogP) is 3.24. The smallest absolute Gasteiger partial charge is 0.333 e. The molecule has 0 saturated heterocycles. The minimum atomic E-state index is -1.67. The lowest BCUT2D eigenvalue weighted by atomic mass is 9.78. The molecule has 0 fully saturated rings. The lowest BCUT2D eigenvalue weighted by Gasteiger charge is -2.27. The van der Waals surface area contributed by atoms with Crippen LogP contribution in [0.3, 0.4) is 0 Å². The number of carboxylic acids is 1. The Kier molecular flexibility index (Phi) is 9.26. The van der Waals surface area contributed by atoms with Crippen molar-refractivity contribution in [2.75, 3.05) is 13.2 Å². The van der Waals surface area contributed by atoms with Crippen LogP contribution in [0.5, 0.6) is 11.5 Å². The highest BCUT2D eigenvalue weighted by atomic mass is 16.4. The molecule has 0 saturated carbocycles. The summed E-state index contributed by atoms with van der Waals surface area (Å²) >= 11 is 0. The maximum Gasteiger partial charge on any atom is 0.333 e. The van der Waals surface area contributed by atoms with Crippen molar-refractivity contribution in [3.8, 4) is 11.5 Å². The van der Waals surface area contributed by atoms with Crippen LogP contribution in [0.25, 0.3) is 0 Å². The Labute approximate surface area is 189 Å². The number of rotatable bonds is 5. The molecule has 0 aliphatic carbocycles. The maximum absolute atomic E-state index is 11.6. The van der Waals surface area contributed by atoms with Crippen molar-refractivity contribution in [2.45, 2.75) is 64.4 Å². The molecule has 1 unspecified atom stereocenters. The quantitative estimate of drug-likeness (QED) is 0.413. The highest BCUT2D eigenvalue weighted by Crippen LogP contribution is 2.39. The van der Waals surface area contributed by atoms with E-state index in [4.69, 9.17) is 10.2 Å². The number of phenols is 2. The van der Waals surface area contributed by atoms with Crippen molar-refractivity contribution in [2.24, 2.45) is 0 Å². The van der Waals surface area contributed by atoms with Crippen molar-refractivity contribution >= 4 is 5.97 Å². The van der Waals surface area contributed by atoms with E-state index >= 15 is 0 Å². The summed E-state index contributed by atoms with van der Waals surface area (Å²) in [6.45, 7) is 11.5. The van der Waals surface area contributed by atoms with Gasteiger partial charge in [0.2, 0.25) is 0 Å². The molecule has 1 atom stereocenters. The van der Waals surface area contributed by atoms with Crippen LogP contribution in [0.15, 0.2) is 36.4 Å². The minimum absolute atomic E-state index is 0.125. The zero-order chi connectivity index (χ0) is 24.9. The number of aliphatic carboxylic acids is 1. The van der Waals surface area contributed by atoms with E-state index in [0.717, 1.165) is 0 Å². The third kappa shape index (κ3) is 6.95. The van der Waals surface area contributed by atoms with E-state index in [9.17, 15) is 25.2 Å². The first-order valence-electron chi connectivity index (χ1n) is 10.4. The fourth-order valence-corrected chi connectivity index (χ4v) is 3.40. The van der Waals surface area contributed by atoms with Gasteiger partial charge in [0.15, 0.2) is 6.10 Å². The Balaban J connectivity index is 0.00000118. The summed E-state index contributed by atoms with van der Waals surface area (Å²) in [6, 6.07) is 9.81. The molecule has 6 N–H and O–H groups in total. The Bertz CT molecular complexity index is 842. The summed E-state index contributed by atoms with van der Waals surface area (Å²) in [4.78, 5) is 11.6. The number of aliphatic hydroxyl groups excluding tert-OH is 3. The summed E-state index contributed by atoms with van der Waals surface area (Å²) in [5.74, 6) is -1.93. The first-order chi connectivity index (χ1) is 14.6. The number of aliphatic hydroxyl groups is 3. The molecule has 2 aromatic carbocycles. The van der Waals surface area contributed by atoms with Crippen LogP contribution in [-0.4, -0.2) is 55.9 Å². The largest absolute Gasteiger partial charge is 0.508 e. The Morgan fingerprint density at radius 2 is 1.12 bits per heavy atom. The standard InChI is InChI=1S/C23H30O5.C2H6O2/c1-22(2,3)15-11-13(7-9-17(15)24)19(20(26)21(27)28)14-8-10-18(25)16(12-14)23(4,5)6;3-1-2-4/h7-12,19-20,24-26H,1-6H3,(H,27,28);3-4H,1-2H2. The molecule has 7 nitrogen and oxygen atoms in total. The van der Waals surface area contributed by atoms with Gasteiger partial charge in [-0.2, -0.15) is 0 Å². The van der Waals surface area contributed by atoms with Crippen molar-refractivity contribution < 1.29 is 35.4 Å². The van der Waals surface area contributed by atoms with E-state index in [1.165, 1.54) is 12.1 Å². The maximum atomic E-state index is 11.6. The third-order valence-electron chi connectivity index (χ3n) is 5.04. The zero-order valence-electron chi connectivity index (χ0n) is 19.6.